The number of sulfonamides is 1. The number of carbonyl (C=O) groups excluding carboxylic acids is 1. The predicted octanol–water partition coefficient (Wildman–Crippen LogP) is 3.15. The van der Waals surface area contributed by atoms with Crippen LogP contribution in [0.3, 0.4) is 0 Å². The minimum atomic E-state index is -3.63. The molecule has 0 spiro atoms. The Bertz CT molecular complexity index is 979. The number of thiazole rings is 1. The summed E-state index contributed by atoms with van der Waals surface area (Å²) < 4.78 is 28.1. The van der Waals surface area contributed by atoms with Crippen LogP contribution in [0.5, 0.6) is 0 Å². The molecule has 1 saturated heterocycles. The van der Waals surface area contributed by atoms with Crippen molar-refractivity contribution in [1.82, 2.24) is 9.29 Å². The minimum absolute atomic E-state index is 0.271. The summed E-state index contributed by atoms with van der Waals surface area (Å²) in [6.07, 6.45) is 1.18. The first-order valence-electron chi connectivity index (χ1n) is 7.77. The van der Waals surface area contributed by atoms with Crippen molar-refractivity contribution in [3.05, 3.63) is 41.8 Å². The number of aromatic nitrogens is 1. The highest BCUT2D eigenvalue weighted by atomic mass is 32.2. The fraction of sp³-hybridized carbons (Fsp3) is 0.250. The molecule has 0 radical (unpaired) electrons. The Hall–Kier alpha value is -1.81. The van der Waals surface area contributed by atoms with E-state index < -0.39 is 16.1 Å². The van der Waals surface area contributed by atoms with E-state index in [9.17, 15) is 13.2 Å². The van der Waals surface area contributed by atoms with Crippen LogP contribution in [0.1, 0.15) is 12.8 Å². The molecular weight excluding hydrogens is 378 g/mol. The summed E-state index contributed by atoms with van der Waals surface area (Å²) in [6, 6.07) is 10.2. The third-order valence-electron chi connectivity index (χ3n) is 4.09. The van der Waals surface area contributed by atoms with Crippen LogP contribution >= 0.6 is 22.7 Å². The smallest absolute Gasteiger partial charge is 0.253 e. The predicted molar refractivity (Wildman–Crippen MR) is 99.5 cm³/mol. The van der Waals surface area contributed by atoms with Crippen LogP contribution in [0.25, 0.3) is 10.2 Å². The van der Waals surface area contributed by atoms with Gasteiger partial charge in [-0.05, 0) is 36.4 Å². The van der Waals surface area contributed by atoms with E-state index in [1.165, 1.54) is 27.0 Å². The van der Waals surface area contributed by atoms with Gasteiger partial charge in [0, 0.05) is 6.54 Å². The summed E-state index contributed by atoms with van der Waals surface area (Å²) in [5.41, 5.74) is 0.817. The zero-order valence-electron chi connectivity index (χ0n) is 13.1. The lowest BCUT2D eigenvalue weighted by Gasteiger charge is -2.22. The average molecular weight is 394 g/mol. The molecule has 25 heavy (non-hydrogen) atoms. The standard InChI is InChI=1S/C16H15N3O3S3/c20-15(18-16-17-11-5-1-2-7-13(11)24-16)12-6-3-9-19(12)25(21,22)14-8-4-10-23-14/h1-2,4-5,7-8,10,12H,3,6,9H2,(H,17,18,20)/t12-/m0/s1. The summed E-state index contributed by atoms with van der Waals surface area (Å²) >= 11 is 2.55. The lowest BCUT2D eigenvalue weighted by Crippen LogP contribution is -2.42. The highest BCUT2D eigenvalue weighted by Crippen LogP contribution is 2.30. The zero-order chi connectivity index (χ0) is 17.4. The van der Waals surface area contributed by atoms with Crippen molar-refractivity contribution in [2.75, 3.05) is 11.9 Å². The Morgan fingerprint density at radius 2 is 2.08 bits per heavy atom. The molecule has 3 aromatic rings. The highest BCUT2D eigenvalue weighted by Gasteiger charge is 2.40. The molecule has 0 saturated carbocycles. The van der Waals surface area contributed by atoms with E-state index in [0.717, 1.165) is 10.2 Å². The van der Waals surface area contributed by atoms with Crippen molar-refractivity contribution >= 4 is 54.0 Å². The van der Waals surface area contributed by atoms with Crippen molar-refractivity contribution in [2.45, 2.75) is 23.1 Å². The van der Waals surface area contributed by atoms with Gasteiger partial charge in [0.05, 0.1) is 10.2 Å². The Morgan fingerprint density at radius 1 is 1.24 bits per heavy atom. The number of nitrogens with one attached hydrogen (secondary N) is 1. The number of anilines is 1. The van der Waals surface area contributed by atoms with Gasteiger partial charge in [0.1, 0.15) is 10.3 Å². The first-order chi connectivity index (χ1) is 12.1. The Balaban J connectivity index is 1.56. The molecule has 0 aliphatic carbocycles. The van der Waals surface area contributed by atoms with Gasteiger partial charge in [-0.2, -0.15) is 4.31 Å². The first-order valence-corrected chi connectivity index (χ1v) is 10.9. The SMILES string of the molecule is O=C(Nc1nc2ccccc2s1)[C@@H]1CCCN1S(=O)(=O)c1cccs1. The third kappa shape index (κ3) is 3.08. The number of fused-ring (bicyclic) bond motifs is 1. The second-order valence-electron chi connectivity index (χ2n) is 5.68. The lowest BCUT2D eigenvalue weighted by atomic mass is 10.2. The number of benzene rings is 1. The van der Waals surface area contributed by atoms with Gasteiger partial charge in [0.25, 0.3) is 10.0 Å². The van der Waals surface area contributed by atoms with Gasteiger partial charge in [0.15, 0.2) is 5.13 Å². The lowest BCUT2D eigenvalue weighted by molar-refractivity contribution is -0.119. The summed E-state index contributed by atoms with van der Waals surface area (Å²) in [5, 5.41) is 5.00. The van der Waals surface area contributed by atoms with Crippen LogP contribution in [-0.4, -0.2) is 36.2 Å². The molecule has 1 amide bonds. The average Bonchev–Trinajstić information content (AvgIpc) is 3.33. The number of amides is 1. The quantitative estimate of drug-likeness (QED) is 0.738. The number of hydrogen-bond acceptors (Lipinski definition) is 6. The van der Waals surface area contributed by atoms with Crippen LogP contribution in [-0.2, 0) is 14.8 Å². The molecule has 2 aromatic heterocycles. The minimum Gasteiger partial charge on any atom is -0.301 e. The Labute approximate surface area is 153 Å². The normalized spacial score (nSPS) is 18.6. The van der Waals surface area contributed by atoms with Gasteiger partial charge in [-0.1, -0.05) is 29.5 Å². The van der Waals surface area contributed by atoms with Gasteiger partial charge in [-0.25, -0.2) is 13.4 Å². The summed E-state index contributed by atoms with van der Waals surface area (Å²) in [6.45, 7) is 0.359. The molecule has 3 heterocycles. The second kappa shape index (κ2) is 6.49. The highest BCUT2D eigenvalue weighted by molar-refractivity contribution is 7.91. The van der Waals surface area contributed by atoms with Gasteiger partial charge < -0.3 is 5.32 Å². The molecule has 1 fully saturated rings. The van der Waals surface area contributed by atoms with E-state index in [1.807, 2.05) is 24.3 Å². The number of rotatable bonds is 4. The zero-order valence-corrected chi connectivity index (χ0v) is 15.5. The monoisotopic (exact) mass is 393 g/mol. The molecule has 6 nitrogen and oxygen atoms in total. The third-order valence-corrected chi connectivity index (χ3v) is 8.32. The maximum atomic E-state index is 12.7. The number of hydrogen-bond donors (Lipinski definition) is 1. The topological polar surface area (TPSA) is 79.4 Å². The van der Waals surface area contributed by atoms with Crippen LogP contribution in [0.4, 0.5) is 5.13 Å². The fourth-order valence-electron chi connectivity index (χ4n) is 2.93. The number of para-hydroxylation sites is 1. The van der Waals surface area contributed by atoms with Gasteiger partial charge in [-0.15, -0.1) is 11.3 Å². The first kappa shape index (κ1) is 16.6. The van der Waals surface area contributed by atoms with E-state index >= 15 is 0 Å². The molecule has 130 valence electrons. The van der Waals surface area contributed by atoms with Crippen LogP contribution in [0.15, 0.2) is 46.0 Å². The van der Waals surface area contributed by atoms with Gasteiger partial charge >= 0.3 is 0 Å². The van der Waals surface area contributed by atoms with Crippen LogP contribution in [0.2, 0.25) is 0 Å². The van der Waals surface area contributed by atoms with E-state index in [1.54, 1.807) is 17.5 Å². The molecule has 4 rings (SSSR count). The Morgan fingerprint density at radius 3 is 2.84 bits per heavy atom. The van der Waals surface area contributed by atoms with E-state index in [0.29, 0.717) is 24.5 Å². The molecule has 1 atom stereocenters. The van der Waals surface area contributed by atoms with Gasteiger partial charge in [-0.3, -0.25) is 4.79 Å². The van der Waals surface area contributed by atoms with Crippen molar-refractivity contribution < 1.29 is 13.2 Å². The van der Waals surface area contributed by atoms with Crippen molar-refractivity contribution in [1.29, 1.82) is 0 Å². The Kier molecular flexibility index (Phi) is 4.32. The maximum absolute atomic E-state index is 12.7. The molecule has 1 N–H and O–H groups in total. The number of carbonyl (C=O) groups is 1. The van der Waals surface area contributed by atoms with E-state index in [2.05, 4.69) is 10.3 Å². The van der Waals surface area contributed by atoms with Crippen LogP contribution in [0, 0.1) is 0 Å². The summed E-state index contributed by atoms with van der Waals surface area (Å²) in [5.74, 6) is -0.323. The summed E-state index contributed by atoms with van der Waals surface area (Å²) in [4.78, 5) is 17.1. The van der Waals surface area contributed by atoms with E-state index in [-0.39, 0.29) is 10.1 Å². The molecule has 1 aliphatic rings. The van der Waals surface area contributed by atoms with Crippen molar-refractivity contribution in [3.63, 3.8) is 0 Å². The molecule has 0 unspecified atom stereocenters. The molecular formula is C16H15N3O3S3. The van der Waals surface area contributed by atoms with Crippen LogP contribution < -0.4 is 5.32 Å². The summed E-state index contributed by atoms with van der Waals surface area (Å²) in [7, 11) is -3.63. The van der Waals surface area contributed by atoms with Crippen molar-refractivity contribution in [2.24, 2.45) is 0 Å². The van der Waals surface area contributed by atoms with Gasteiger partial charge in [0.2, 0.25) is 5.91 Å². The molecule has 1 aliphatic heterocycles. The second-order valence-corrected chi connectivity index (χ2v) is 9.78. The van der Waals surface area contributed by atoms with Crippen molar-refractivity contribution in [3.8, 4) is 0 Å². The number of thiophene rings is 1. The molecule has 0 bridgehead atoms. The fourth-order valence-corrected chi connectivity index (χ4v) is 6.57. The maximum Gasteiger partial charge on any atom is 0.253 e. The largest absolute Gasteiger partial charge is 0.301 e. The molecule has 9 heteroatoms. The number of nitrogens with zero attached hydrogens (tertiary/aromatic N) is 2. The van der Waals surface area contributed by atoms with E-state index in [4.69, 9.17) is 0 Å². The molecule has 1 aromatic carbocycles.